The van der Waals surface area contributed by atoms with E-state index < -0.39 is 0 Å². The van der Waals surface area contributed by atoms with Crippen molar-refractivity contribution in [1.29, 1.82) is 0 Å². The molecule has 1 aromatic heterocycles. The van der Waals surface area contributed by atoms with Gasteiger partial charge in [-0.1, -0.05) is 13.0 Å². The van der Waals surface area contributed by atoms with Crippen LogP contribution in [-0.2, 0) is 4.84 Å². The van der Waals surface area contributed by atoms with Crippen LogP contribution in [0.1, 0.15) is 37.1 Å². The lowest BCUT2D eigenvalue weighted by molar-refractivity contribution is -0.211. The zero-order valence-electron chi connectivity index (χ0n) is 9.76. The van der Waals surface area contributed by atoms with Crippen LogP contribution >= 0.6 is 11.3 Å². The molecule has 4 heteroatoms. The van der Waals surface area contributed by atoms with Crippen molar-refractivity contribution >= 4 is 11.3 Å². The molecule has 0 amide bonds. The Kier molecular flexibility index (Phi) is 4.35. The summed E-state index contributed by atoms with van der Waals surface area (Å²) in [5, 5.41) is 4.19. The van der Waals surface area contributed by atoms with Gasteiger partial charge in [-0.05, 0) is 30.7 Å². The molecule has 90 valence electrons. The predicted molar refractivity (Wildman–Crippen MR) is 67.2 cm³/mol. The average molecular weight is 240 g/mol. The maximum absolute atomic E-state index is 6.22. The molecule has 2 N–H and O–H groups in total. The van der Waals surface area contributed by atoms with Gasteiger partial charge in [0.1, 0.15) is 0 Å². The summed E-state index contributed by atoms with van der Waals surface area (Å²) in [4.78, 5) is 7.06. The summed E-state index contributed by atoms with van der Waals surface area (Å²) < 4.78 is 0. The van der Waals surface area contributed by atoms with E-state index in [2.05, 4.69) is 29.5 Å². The molecule has 0 bridgehead atoms. The van der Waals surface area contributed by atoms with E-state index in [0.717, 1.165) is 26.0 Å². The number of nitrogens with zero attached hydrogens (tertiary/aromatic N) is 1. The highest BCUT2D eigenvalue weighted by Crippen LogP contribution is 2.30. The highest BCUT2D eigenvalue weighted by molar-refractivity contribution is 7.10. The molecule has 0 radical (unpaired) electrons. The van der Waals surface area contributed by atoms with Crippen molar-refractivity contribution in [3.63, 3.8) is 0 Å². The largest absolute Gasteiger partial charge is 0.326 e. The maximum Gasteiger partial charge on any atom is 0.0845 e. The molecular weight excluding hydrogens is 220 g/mol. The van der Waals surface area contributed by atoms with Crippen LogP contribution in [0, 0.1) is 0 Å². The molecule has 1 aromatic rings. The molecule has 2 rings (SSSR count). The predicted octanol–water partition coefficient (Wildman–Crippen LogP) is 2.55. The Bertz CT molecular complexity index is 296. The summed E-state index contributed by atoms with van der Waals surface area (Å²) in [6.45, 7) is 3.96. The van der Waals surface area contributed by atoms with E-state index in [9.17, 15) is 0 Å². The van der Waals surface area contributed by atoms with Crippen LogP contribution in [0.15, 0.2) is 17.5 Å². The molecule has 3 nitrogen and oxygen atoms in total. The third-order valence-electron chi connectivity index (χ3n) is 3.05. The Morgan fingerprint density at radius 1 is 1.56 bits per heavy atom. The molecule has 0 spiro atoms. The summed E-state index contributed by atoms with van der Waals surface area (Å²) in [7, 11) is 0. The molecule has 1 fully saturated rings. The number of hydrogen-bond donors (Lipinski definition) is 1. The topological polar surface area (TPSA) is 38.5 Å². The van der Waals surface area contributed by atoms with Gasteiger partial charge >= 0.3 is 0 Å². The first-order valence-electron chi connectivity index (χ1n) is 6.01. The molecule has 16 heavy (non-hydrogen) atoms. The average Bonchev–Trinajstić information content (AvgIpc) is 2.84. The van der Waals surface area contributed by atoms with E-state index in [1.165, 1.54) is 11.3 Å². The lowest BCUT2D eigenvalue weighted by atomic mass is 10.0. The van der Waals surface area contributed by atoms with Crippen LogP contribution in [0.25, 0.3) is 0 Å². The lowest BCUT2D eigenvalue weighted by Crippen LogP contribution is -2.42. The van der Waals surface area contributed by atoms with Crippen molar-refractivity contribution in [1.82, 2.24) is 5.06 Å². The standard InChI is InChI=1S/C12H20N2OS/c1-2-10(13)12(11-6-5-9-16-11)14-7-3-4-8-15-14/h5-6,9-10,12H,2-4,7-8,13H2,1H3. The first-order valence-corrected chi connectivity index (χ1v) is 6.89. The maximum atomic E-state index is 6.22. The quantitative estimate of drug-likeness (QED) is 0.879. The monoisotopic (exact) mass is 240 g/mol. The Hall–Kier alpha value is -0.420. The van der Waals surface area contributed by atoms with E-state index in [1.807, 2.05) is 0 Å². The minimum Gasteiger partial charge on any atom is -0.326 e. The molecule has 1 saturated heterocycles. The Morgan fingerprint density at radius 3 is 3.00 bits per heavy atom. The van der Waals surface area contributed by atoms with Crippen LogP contribution in [0.4, 0.5) is 0 Å². The fourth-order valence-electron chi connectivity index (χ4n) is 2.08. The lowest BCUT2D eigenvalue weighted by Gasteiger charge is -2.36. The van der Waals surface area contributed by atoms with Crippen molar-refractivity contribution < 1.29 is 4.84 Å². The second kappa shape index (κ2) is 5.77. The number of nitrogens with two attached hydrogens (primary N) is 1. The molecule has 2 heterocycles. The zero-order valence-corrected chi connectivity index (χ0v) is 10.6. The third kappa shape index (κ3) is 2.63. The van der Waals surface area contributed by atoms with Gasteiger partial charge in [-0.25, -0.2) is 0 Å². The van der Waals surface area contributed by atoms with Gasteiger partial charge in [0.2, 0.25) is 0 Å². The highest BCUT2D eigenvalue weighted by atomic mass is 32.1. The van der Waals surface area contributed by atoms with Crippen molar-refractivity contribution in [2.75, 3.05) is 13.2 Å². The zero-order chi connectivity index (χ0) is 11.4. The Balaban J connectivity index is 2.13. The Labute approximate surface area is 101 Å². The van der Waals surface area contributed by atoms with Crippen molar-refractivity contribution in [3.05, 3.63) is 22.4 Å². The van der Waals surface area contributed by atoms with Crippen molar-refractivity contribution in [2.24, 2.45) is 5.73 Å². The minimum atomic E-state index is 0.150. The molecular formula is C12H20N2OS. The van der Waals surface area contributed by atoms with Crippen LogP contribution in [0.3, 0.4) is 0 Å². The number of hydroxylamine groups is 2. The minimum absolute atomic E-state index is 0.150. The number of rotatable bonds is 4. The number of thiophene rings is 1. The van der Waals surface area contributed by atoms with Gasteiger partial charge in [0.05, 0.1) is 12.6 Å². The van der Waals surface area contributed by atoms with Gasteiger partial charge in [-0.3, -0.25) is 4.84 Å². The van der Waals surface area contributed by atoms with E-state index >= 15 is 0 Å². The fraction of sp³-hybridized carbons (Fsp3) is 0.667. The fourth-order valence-corrected chi connectivity index (χ4v) is 2.99. The first-order chi connectivity index (χ1) is 7.83. The van der Waals surface area contributed by atoms with Crippen LogP contribution in [0.5, 0.6) is 0 Å². The van der Waals surface area contributed by atoms with Gasteiger partial charge in [0.25, 0.3) is 0 Å². The molecule has 1 aliphatic rings. The van der Waals surface area contributed by atoms with Gasteiger partial charge < -0.3 is 5.73 Å². The summed E-state index contributed by atoms with van der Waals surface area (Å²) in [5.74, 6) is 0. The summed E-state index contributed by atoms with van der Waals surface area (Å²) in [6.07, 6.45) is 3.34. The van der Waals surface area contributed by atoms with Crippen LogP contribution in [0.2, 0.25) is 0 Å². The van der Waals surface area contributed by atoms with E-state index in [0.29, 0.717) is 0 Å². The number of hydrogen-bond acceptors (Lipinski definition) is 4. The molecule has 0 saturated carbocycles. The van der Waals surface area contributed by atoms with E-state index in [4.69, 9.17) is 10.6 Å². The van der Waals surface area contributed by atoms with Crippen molar-refractivity contribution in [2.45, 2.75) is 38.3 Å². The molecule has 2 atom stereocenters. The summed E-state index contributed by atoms with van der Waals surface area (Å²) in [5.41, 5.74) is 6.22. The smallest absolute Gasteiger partial charge is 0.0845 e. The van der Waals surface area contributed by atoms with Gasteiger partial charge in [0.15, 0.2) is 0 Å². The molecule has 0 aliphatic carbocycles. The van der Waals surface area contributed by atoms with Crippen molar-refractivity contribution in [3.8, 4) is 0 Å². The Morgan fingerprint density at radius 2 is 2.44 bits per heavy atom. The summed E-state index contributed by atoms with van der Waals surface area (Å²) in [6, 6.07) is 4.62. The third-order valence-corrected chi connectivity index (χ3v) is 3.99. The second-order valence-electron chi connectivity index (χ2n) is 4.21. The molecule has 0 aromatic carbocycles. The first kappa shape index (κ1) is 12.0. The second-order valence-corrected chi connectivity index (χ2v) is 5.19. The summed E-state index contributed by atoms with van der Waals surface area (Å²) >= 11 is 1.77. The van der Waals surface area contributed by atoms with Gasteiger partial charge in [-0.2, -0.15) is 5.06 Å². The molecule has 2 unspecified atom stereocenters. The highest BCUT2D eigenvalue weighted by Gasteiger charge is 2.28. The van der Waals surface area contributed by atoms with Gasteiger partial charge in [0, 0.05) is 17.5 Å². The van der Waals surface area contributed by atoms with E-state index in [-0.39, 0.29) is 12.1 Å². The SMILES string of the molecule is CCC(N)C(c1cccs1)N1CCCCO1. The normalized spacial score (nSPS) is 21.9. The van der Waals surface area contributed by atoms with Crippen LogP contribution < -0.4 is 5.73 Å². The van der Waals surface area contributed by atoms with Gasteiger partial charge in [-0.15, -0.1) is 11.3 Å². The van der Waals surface area contributed by atoms with E-state index in [1.54, 1.807) is 11.3 Å². The van der Waals surface area contributed by atoms with Crippen LogP contribution in [-0.4, -0.2) is 24.3 Å². The molecule has 1 aliphatic heterocycles.